The molecule has 6 heteroatoms. The first-order chi connectivity index (χ1) is 9.57. The molecule has 0 saturated heterocycles. The highest BCUT2D eigenvalue weighted by atomic mass is 16.4. The van der Waals surface area contributed by atoms with Gasteiger partial charge in [-0.15, -0.1) is 0 Å². The lowest BCUT2D eigenvalue weighted by atomic mass is 10.2. The Labute approximate surface area is 127 Å². The van der Waals surface area contributed by atoms with Crippen molar-refractivity contribution in [3.8, 4) is 0 Å². The van der Waals surface area contributed by atoms with Crippen LogP contribution in [-0.4, -0.2) is 73.2 Å². The van der Waals surface area contributed by atoms with Crippen LogP contribution in [0.1, 0.15) is 19.8 Å². The largest absolute Gasteiger partial charge is 0.478 e. The molecule has 0 aromatic carbocycles. The van der Waals surface area contributed by atoms with Gasteiger partial charge in [0.05, 0.1) is 0 Å². The molecular weight excluding hydrogens is 272 g/mol. The molecule has 0 radical (unpaired) electrons. The van der Waals surface area contributed by atoms with Crippen molar-refractivity contribution in [3.63, 3.8) is 0 Å². The summed E-state index contributed by atoms with van der Waals surface area (Å²) in [6.45, 7) is 6.64. The number of carboxylic acids is 2. The second-order valence-corrected chi connectivity index (χ2v) is 5.25. The summed E-state index contributed by atoms with van der Waals surface area (Å²) in [5.41, 5.74) is 0.695. The molecule has 0 aromatic heterocycles. The highest BCUT2D eigenvalue weighted by Gasteiger charge is 2.02. The van der Waals surface area contributed by atoms with E-state index in [9.17, 15) is 9.59 Å². The van der Waals surface area contributed by atoms with E-state index in [1.54, 1.807) is 13.0 Å². The van der Waals surface area contributed by atoms with Crippen LogP contribution in [0.4, 0.5) is 0 Å². The van der Waals surface area contributed by atoms with E-state index in [2.05, 4.69) is 6.58 Å². The lowest BCUT2D eigenvalue weighted by molar-refractivity contribution is -0.133. The molecule has 0 aromatic rings. The zero-order valence-corrected chi connectivity index (χ0v) is 13.7. The third kappa shape index (κ3) is 16.3. The zero-order chi connectivity index (χ0) is 17.0. The van der Waals surface area contributed by atoms with Gasteiger partial charge in [-0.25, -0.2) is 9.59 Å². The van der Waals surface area contributed by atoms with Gasteiger partial charge >= 0.3 is 11.9 Å². The summed E-state index contributed by atoms with van der Waals surface area (Å²) in [6, 6.07) is 0. The summed E-state index contributed by atoms with van der Waals surface area (Å²) in [7, 11) is 7.72. The van der Waals surface area contributed by atoms with Gasteiger partial charge < -0.3 is 20.0 Å². The minimum atomic E-state index is -0.901. The van der Waals surface area contributed by atoms with Gasteiger partial charge in [-0.05, 0) is 48.0 Å². The molecule has 0 aliphatic rings. The molecule has 0 amide bonds. The average Bonchev–Trinajstić information content (AvgIpc) is 2.35. The predicted molar refractivity (Wildman–Crippen MR) is 84.5 cm³/mol. The molecule has 0 unspecified atom stereocenters. The Kier molecular flexibility index (Phi) is 12.5. The quantitative estimate of drug-likeness (QED) is 0.662. The van der Waals surface area contributed by atoms with Crippen molar-refractivity contribution in [3.05, 3.63) is 23.8 Å². The third-order valence-corrected chi connectivity index (χ3v) is 2.53. The van der Waals surface area contributed by atoms with E-state index < -0.39 is 11.9 Å². The van der Waals surface area contributed by atoms with Gasteiger partial charge in [-0.3, -0.25) is 0 Å². The molecular formula is C15H28N2O4. The van der Waals surface area contributed by atoms with E-state index in [4.69, 9.17) is 10.2 Å². The molecule has 0 saturated carbocycles. The molecule has 0 heterocycles. The molecule has 0 spiro atoms. The average molecular weight is 300 g/mol. The van der Waals surface area contributed by atoms with Crippen LogP contribution in [0.15, 0.2) is 23.8 Å². The zero-order valence-electron chi connectivity index (χ0n) is 13.7. The van der Waals surface area contributed by atoms with Crippen LogP contribution in [0, 0.1) is 0 Å². The van der Waals surface area contributed by atoms with Crippen molar-refractivity contribution in [2.24, 2.45) is 0 Å². The Morgan fingerprint density at radius 1 is 1.00 bits per heavy atom. The van der Waals surface area contributed by atoms with Crippen molar-refractivity contribution < 1.29 is 19.8 Å². The molecule has 0 rings (SSSR count). The molecule has 122 valence electrons. The van der Waals surface area contributed by atoms with Gasteiger partial charge in [0, 0.05) is 24.2 Å². The molecule has 0 atom stereocenters. The minimum Gasteiger partial charge on any atom is -0.478 e. The first kappa shape index (κ1) is 21.6. The van der Waals surface area contributed by atoms with Crippen LogP contribution in [-0.2, 0) is 9.59 Å². The standard InChI is InChI=1S/C8H15NO2.C7H13NO2/c1-7(8(10)11)5-4-6-9(2)3;1-6(7(9)10)4-5-8(2)3/h5H,4,6H2,1-3H3,(H,10,11);1,4-5H2,2-3H3,(H,9,10). The number of aliphatic carboxylic acids is 2. The van der Waals surface area contributed by atoms with Crippen LogP contribution in [0.5, 0.6) is 0 Å². The number of hydrogen-bond acceptors (Lipinski definition) is 4. The molecule has 0 aliphatic heterocycles. The molecule has 0 aliphatic carbocycles. The van der Waals surface area contributed by atoms with Gasteiger partial charge in [0.2, 0.25) is 0 Å². The Morgan fingerprint density at radius 2 is 1.48 bits per heavy atom. The summed E-state index contributed by atoms with van der Waals surface area (Å²) in [4.78, 5) is 24.4. The fourth-order valence-corrected chi connectivity index (χ4v) is 1.09. The van der Waals surface area contributed by atoms with Gasteiger partial charge in [0.25, 0.3) is 0 Å². The fraction of sp³-hybridized carbons (Fsp3) is 0.600. The normalized spacial score (nSPS) is 11.1. The van der Waals surface area contributed by atoms with Crippen molar-refractivity contribution in [1.29, 1.82) is 0 Å². The van der Waals surface area contributed by atoms with Crippen molar-refractivity contribution in [2.45, 2.75) is 19.8 Å². The highest BCUT2D eigenvalue weighted by Crippen LogP contribution is 1.97. The SMILES string of the molecule is C=C(CCN(C)C)C(=O)O.CC(=CCCN(C)C)C(=O)O. The Balaban J connectivity index is 0. The summed E-state index contributed by atoms with van der Waals surface area (Å²) in [6.07, 6.45) is 3.07. The van der Waals surface area contributed by atoms with Crippen LogP contribution < -0.4 is 0 Å². The maximum absolute atomic E-state index is 10.3. The fourth-order valence-electron chi connectivity index (χ4n) is 1.09. The van der Waals surface area contributed by atoms with Crippen molar-refractivity contribution >= 4 is 11.9 Å². The Bertz CT molecular complexity index is 374. The second kappa shape index (κ2) is 12.1. The lowest BCUT2D eigenvalue weighted by Gasteiger charge is -2.07. The molecule has 0 bridgehead atoms. The van der Waals surface area contributed by atoms with Crippen LogP contribution in [0.2, 0.25) is 0 Å². The molecule has 0 fully saturated rings. The smallest absolute Gasteiger partial charge is 0.331 e. The molecule has 21 heavy (non-hydrogen) atoms. The summed E-state index contributed by atoms with van der Waals surface area (Å²) < 4.78 is 0. The summed E-state index contributed by atoms with van der Waals surface area (Å²) in [5.74, 6) is -1.73. The number of rotatable bonds is 8. The molecule has 2 N–H and O–H groups in total. The van der Waals surface area contributed by atoms with Gasteiger partial charge in [-0.1, -0.05) is 12.7 Å². The van der Waals surface area contributed by atoms with E-state index in [1.165, 1.54) is 0 Å². The van der Waals surface area contributed by atoms with Gasteiger partial charge in [0.15, 0.2) is 0 Å². The van der Waals surface area contributed by atoms with E-state index >= 15 is 0 Å². The van der Waals surface area contributed by atoms with E-state index in [0.717, 1.165) is 19.5 Å². The van der Waals surface area contributed by atoms with Gasteiger partial charge in [-0.2, -0.15) is 0 Å². The van der Waals surface area contributed by atoms with E-state index in [0.29, 0.717) is 12.0 Å². The Morgan fingerprint density at radius 3 is 1.81 bits per heavy atom. The molecule has 6 nitrogen and oxygen atoms in total. The number of nitrogens with zero attached hydrogens (tertiary/aromatic N) is 2. The van der Waals surface area contributed by atoms with Crippen molar-refractivity contribution in [1.82, 2.24) is 9.80 Å². The second-order valence-electron chi connectivity index (χ2n) is 5.25. The number of hydrogen-bond donors (Lipinski definition) is 2. The number of carbonyl (C=O) groups is 2. The first-order valence-electron chi connectivity index (χ1n) is 6.68. The highest BCUT2D eigenvalue weighted by molar-refractivity contribution is 5.86. The topological polar surface area (TPSA) is 81.1 Å². The maximum Gasteiger partial charge on any atom is 0.331 e. The number of carboxylic acid groups (broad SMARTS) is 2. The first-order valence-corrected chi connectivity index (χ1v) is 6.68. The van der Waals surface area contributed by atoms with E-state index in [-0.39, 0.29) is 5.57 Å². The summed E-state index contributed by atoms with van der Waals surface area (Å²) in [5, 5.41) is 16.8. The maximum atomic E-state index is 10.3. The van der Waals surface area contributed by atoms with E-state index in [1.807, 2.05) is 38.0 Å². The Hall–Kier alpha value is -1.66. The summed E-state index contributed by atoms with van der Waals surface area (Å²) >= 11 is 0. The van der Waals surface area contributed by atoms with Gasteiger partial charge in [0.1, 0.15) is 0 Å². The monoisotopic (exact) mass is 300 g/mol. The van der Waals surface area contributed by atoms with Crippen molar-refractivity contribution in [2.75, 3.05) is 41.3 Å². The lowest BCUT2D eigenvalue weighted by Crippen LogP contribution is -2.15. The van der Waals surface area contributed by atoms with Crippen LogP contribution >= 0.6 is 0 Å². The van der Waals surface area contributed by atoms with Crippen LogP contribution in [0.3, 0.4) is 0 Å². The third-order valence-electron chi connectivity index (χ3n) is 2.53. The predicted octanol–water partition coefficient (Wildman–Crippen LogP) is 1.55. The minimum absolute atomic E-state index is 0.272. The van der Waals surface area contributed by atoms with Crippen LogP contribution in [0.25, 0.3) is 0 Å².